The first kappa shape index (κ1) is 15.3. The number of nitrogens with zero attached hydrogens (tertiary/aromatic N) is 1. The van der Waals surface area contributed by atoms with E-state index in [-0.39, 0.29) is 12.6 Å². The van der Waals surface area contributed by atoms with E-state index in [9.17, 15) is 8.78 Å². The van der Waals surface area contributed by atoms with Crippen molar-refractivity contribution in [3.63, 3.8) is 0 Å². The lowest BCUT2D eigenvalue weighted by Gasteiger charge is -2.21. The average molecular weight is 277 g/mol. The molecule has 0 amide bonds. The number of hydrogen-bond donors (Lipinski definition) is 1. The molecule has 1 aromatic rings. The maximum absolute atomic E-state index is 12.2. The Kier molecular flexibility index (Phi) is 6.54. The topological polar surface area (TPSA) is 15.3 Å². The number of halogens is 3. The van der Waals surface area contributed by atoms with Crippen molar-refractivity contribution in [1.82, 2.24) is 10.2 Å². The molecule has 0 fully saturated rings. The molecule has 0 aliphatic carbocycles. The summed E-state index contributed by atoms with van der Waals surface area (Å²) < 4.78 is 24.4. The smallest absolute Gasteiger partial charge is 0.251 e. The van der Waals surface area contributed by atoms with E-state index in [1.807, 2.05) is 31.3 Å². The van der Waals surface area contributed by atoms with Gasteiger partial charge in [0, 0.05) is 11.1 Å². The predicted octanol–water partition coefficient (Wildman–Crippen LogP) is 3.19. The molecule has 1 N–H and O–H groups in total. The normalized spacial score (nSPS) is 13.3. The van der Waals surface area contributed by atoms with Gasteiger partial charge in [0.2, 0.25) is 0 Å². The highest BCUT2D eigenvalue weighted by atomic mass is 35.5. The Morgan fingerprint density at radius 3 is 2.39 bits per heavy atom. The van der Waals surface area contributed by atoms with E-state index in [1.54, 1.807) is 11.9 Å². The van der Waals surface area contributed by atoms with Crippen LogP contribution in [0.5, 0.6) is 0 Å². The second kappa shape index (κ2) is 7.67. The third kappa shape index (κ3) is 5.29. The van der Waals surface area contributed by atoms with Crippen LogP contribution in [-0.4, -0.2) is 38.5 Å². The first-order valence-electron chi connectivity index (χ1n) is 5.92. The van der Waals surface area contributed by atoms with Crippen molar-refractivity contribution in [2.45, 2.75) is 18.9 Å². The molecule has 0 aliphatic rings. The highest BCUT2D eigenvalue weighted by Gasteiger charge is 2.12. The molecule has 1 rings (SSSR count). The average Bonchev–Trinajstić information content (AvgIpc) is 2.31. The van der Waals surface area contributed by atoms with Crippen LogP contribution in [0.15, 0.2) is 24.3 Å². The molecule has 2 nitrogen and oxygen atoms in total. The molecule has 0 saturated heterocycles. The number of rotatable bonds is 7. The van der Waals surface area contributed by atoms with Crippen molar-refractivity contribution in [1.29, 1.82) is 0 Å². The Hall–Kier alpha value is -0.710. The molecule has 0 spiro atoms. The van der Waals surface area contributed by atoms with Gasteiger partial charge < -0.3 is 10.2 Å². The minimum absolute atomic E-state index is 0.155. The lowest BCUT2D eigenvalue weighted by molar-refractivity contribution is 0.0986. The van der Waals surface area contributed by atoms with Crippen LogP contribution in [0, 0.1) is 0 Å². The third-order valence-electron chi connectivity index (χ3n) is 2.87. The van der Waals surface area contributed by atoms with E-state index in [0.29, 0.717) is 11.6 Å². The molecule has 0 aliphatic heterocycles. The van der Waals surface area contributed by atoms with Crippen molar-refractivity contribution in [3.05, 3.63) is 34.9 Å². The van der Waals surface area contributed by atoms with E-state index in [4.69, 9.17) is 11.6 Å². The molecule has 0 radical (unpaired) electrons. The fourth-order valence-electron chi connectivity index (χ4n) is 1.85. The molecule has 0 aromatic heterocycles. The summed E-state index contributed by atoms with van der Waals surface area (Å²) in [5, 5.41) is 3.89. The summed E-state index contributed by atoms with van der Waals surface area (Å²) in [6, 6.07) is 7.74. The third-order valence-corrected chi connectivity index (χ3v) is 3.12. The van der Waals surface area contributed by atoms with Crippen molar-refractivity contribution in [2.24, 2.45) is 0 Å². The van der Waals surface area contributed by atoms with Crippen LogP contribution >= 0.6 is 11.6 Å². The number of alkyl halides is 2. The molecule has 18 heavy (non-hydrogen) atoms. The van der Waals surface area contributed by atoms with Gasteiger partial charge in [0.25, 0.3) is 6.43 Å². The van der Waals surface area contributed by atoms with E-state index in [0.717, 1.165) is 12.0 Å². The fourth-order valence-corrected chi connectivity index (χ4v) is 1.98. The molecule has 1 unspecified atom stereocenters. The maximum atomic E-state index is 12.2. The summed E-state index contributed by atoms with van der Waals surface area (Å²) in [5.41, 5.74) is 1.12. The lowest BCUT2D eigenvalue weighted by Crippen LogP contribution is -2.29. The zero-order chi connectivity index (χ0) is 13.5. The van der Waals surface area contributed by atoms with Crippen molar-refractivity contribution in [2.75, 3.05) is 27.2 Å². The standard InChI is InChI=1S/C13H19ClF2N2/c1-17-12(7-8-18(2)9-13(15)16)10-3-5-11(14)6-4-10/h3-6,12-13,17H,7-9H2,1-2H3. The highest BCUT2D eigenvalue weighted by Crippen LogP contribution is 2.19. The largest absolute Gasteiger partial charge is 0.313 e. The van der Waals surface area contributed by atoms with E-state index in [2.05, 4.69) is 5.32 Å². The molecule has 0 saturated carbocycles. The Labute approximate surface area is 112 Å². The van der Waals surface area contributed by atoms with Gasteiger partial charge in [-0.2, -0.15) is 0 Å². The van der Waals surface area contributed by atoms with Gasteiger partial charge in [-0.3, -0.25) is 0 Å². The monoisotopic (exact) mass is 276 g/mol. The minimum Gasteiger partial charge on any atom is -0.313 e. The van der Waals surface area contributed by atoms with E-state index >= 15 is 0 Å². The molecule has 1 atom stereocenters. The van der Waals surface area contributed by atoms with Gasteiger partial charge in [0.15, 0.2) is 0 Å². The first-order valence-corrected chi connectivity index (χ1v) is 6.30. The predicted molar refractivity (Wildman–Crippen MR) is 71.4 cm³/mol. The maximum Gasteiger partial charge on any atom is 0.251 e. The van der Waals surface area contributed by atoms with Gasteiger partial charge in [-0.25, -0.2) is 8.78 Å². The Balaban J connectivity index is 2.49. The van der Waals surface area contributed by atoms with Crippen LogP contribution in [0.4, 0.5) is 8.78 Å². The van der Waals surface area contributed by atoms with Crippen LogP contribution < -0.4 is 5.32 Å². The number of benzene rings is 1. The lowest BCUT2D eigenvalue weighted by atomic mass is 10.0. The summed E-state index contributed by atoms with van der Waals surface area (Å²) in [6.07, 6.45) is -1.50. The number of hydrogen-bond acceptors (Lipinski definition) is 2. The number of nitrogens with one attached hydrogen (secondary N) is 1. The van der Waals surface area contributed by atoms with E-state index in [1.165, 1.54) is 0 Å². The van der Waals surface area contributed by atoms with Crippen molar-refractivity contribution >= 4 is 11.6 Å². The summed E-state index contributed by atoms with van der Waals surface area (Å²) in [7, 11) is 3.58. The Morgan fingerprint density at radius 1 is 1.28 bits per heavy atom. The van der Waals surface area contributed by atoms with Crippen LogP contribution in [0.3, 0.4) is 0 Å². The van der Waals surface area contributed by atoms with E-state index < -0.39 is 6.43 Å². The highest BCUT2D eigenvalue weighted by molar-refractivity contribution is 6.30. The molecular formula is C13H19ClF2N2. The van der Waals surface area contributed by atoms with Crippen molar-refractivity contribution in [3.8, 4) is 0 Å². The van der Waals surface area contributed by atoms with Crippen LogP contribution in [0.25, 0.3) is 0 Å². The molecule has 5 heteroatoms. The van der Waals surface area contributed by atoms with Gasteiger partial charge in [-0.05, 0) is 44.8 Å². The minimum atomic E-state index is -2.28. The van der Waals surface area contributed by atoms with Crippen molar-refractivity contribution < 1.29 is 8.78 Å². The quantitative estimate of drug-likeness (QED) is 0.823. The Bertz CT molecular complexity index is 343. The molecule has 1 aromatic carbocycles. The summed E-state index contributed by atoms with van der Waals surface area (Å²) in [6.45, 7) is 0.440. The summed E-state index contributed by atoms with van der Waals surface area (Å²) in [5.74, 6) is 0. The Morgan fingerprint density at radius 2 is 1.89 bits per heavy atom. The molecule has 102 valence electrons. The molecule has 0 bridgehead atoms. The van der Waals surface area contributed by atoms with Gasteiger partial charge in [0.1, 0.15) is 0 Å². The SMILES string of the molecule is CNC(CCN(C)CC(F)F)c1ccc(Cl)cc1. The van der Waals surface area contributed by atoms with Gasteiger partial charge in [0.05, 0.1) is 6.54 Å². The van der Waals surface area contributed by atoms with Crippen LogP contribution in [0.1, 0.15) is 18.0 Å². The summed E-state index contributed by atoms with van der Waals surface area (Å²) in [4.78, 5) is 1.64. The van der Waals surface area contributed by atoms with Crippen LogP contribution in [-0.2, 0) is 0 Å². The zero-order valence-corrected chi connectivity index (χ0v) is 11.4. The fraction of sp³-hybridized carbons (Fsp3) is 0.538. The van der Waals surface area contributed by atoms with Gasteiger partial charge in [-0.15, -0.1) is 0 Å². The molecular weight excluding hydrogens is 258 g/mol. The second-order valence-electron chi connectivity index (χ2n) is 4.33. The summed E-state index contributed by atoms with van der Waals surface area (Å²) >= 11 is 5.83. The first-order chi connectivity index (χ1) is 8.52. The van der Waals surface area contributed by atoms with Gasteiger partial charge >= 0.3 is 0 Å². The van der Waals surface area contributed by atoms with Crippen LogP contribution in [0.2, 0.25) is 5.02 Å². The molecule has 0 heterocycles. The second-order valence-corrected chi connectivity index (χ2v) is 4.77. The zero-order valence-electron chi connectivity index (χ0n) is 10.7. The van der Waals surface area contributed by atoms with Gasteiger partial charge in [-0.1, -0.05) is 23.7 Å².